The first-order valence-electron chi connectivity index (χ1n) is 5.55. The fourth-order valence-electron chi connectivity index (χ4n) is 1.30. The van der Waals surface area contributed by atoms with Crippen LogP contribution in [0.5, 0.6) is 0 Å². The summed E-state index contributed by atoms with van der Waals surface area (Å²) in [5.74, 6) is -0.891. The van der Waals surface area contributed by atoms with Crippen molar-refractivity contribution in [2.45, 2.75) is 13.3 Å². The highest BCUT2D eigenvalue weighted by molar-refractivity contribution is 9.10. The molecule has 0 saturated heterocycles. The summed E-state index contributed by atoms with van der Waals surface area (Å²) in [6.45, 7) is 1.89. The molecular formula is C11H15BrN2O4S. The van der Waals surface area contributed by atoms with Crippen LogP contribution in [0.4, 0.5) is 11.4 Å². The van der Waals surface area contributed by atoms with Gasteiger partial charge in [-0.3, -0.25) is 9.52 Å². The lowest BCUT2D eigenvalue weighted by atomic mass is 10.3. The summed E-state index contributed by atoms with van der Waals surface area (Å²) in [5, 5.41) is 0. The van der Waals surface area contributed by atoms with Gasteiger partial charge < -0.3 is 10.5 Å². The number of nitrogens with one attached hydrogen (secondary N) is 1. The van der Waals surface area contributed by atoms with Crippen LogP contribution in [0.15, 0.2) is 22.7 Å². The third-order valence-electron chi connectivity index (χ3n) is 2.16. The van der Waals surface area contributed by atoms with Gasteiger partial charge in [-0.05, 0) is 25.1 Å². The summed E-state index contributed by atoms with van der Waals surface area (Å²) in [6, 6.07) is 4.80. The molecular weight excluding hydrogens is 336 g/mol. The van der Waals surface area contributed by atoms with Crippen LogP contribution in [0.1, 0.15) is 13.3 Å². The summed E-state index contributed by atoms with van der Waals surface area (Å²) >= 11 is 3.22. The van der Waals surface area contributed by atoms with Crippen LogP contribution in [-0.4, -0.2) is 26.7 Å². The number of esters is 1. The van der Waals surface area contributed by atoms with Crippen molar-refractivity contribution in [1.82, 2.24) is 0 Å². The Morgan fingerprint density at radius 2 is 2.16 bits per heavy atom. The van der Waals surface area contributed by atoms with E-state index in [1.807, 2.05) is 0 Å². The van der Waals surface area contributed by atoms with Crippen molar-refractivity contribution >= 4 is 43.3 Å². The first kappa shape index (κ1) is 15.8. The molecule has 0 unspecified atom stereocenters. The minimum Gasteiger partial charge on any atom is -0.466 e. The molecule has 1 aromatic carbocycles. The van der Waals surface area contributed by atoms with E-state index < -0.39 is 16.0 Å². The average molecular weight is 351 g/mol. The number of benzene rings is 1. The first-order chi connectivity index (χ1) is 8.84. The number of hydrogen-bond acceptors (Lipinski definition) is 5. The van der Waals surface area contributed by atoms with Crippen LogP contribution in [0.25, 0.3) is 0 Å². The number of nitrogen functional groups attached to an aromatic ring is 1. The smallest absolute Gasteiger partial charge is 0.306 e. The molecule has 0 saturated carbocycles. The zero-order chi connectivity index (χ0) is 14.5. The zero-order valence-corrected chi connectivity index (χ0v) is 12.8. The Labute approximate surface area is 120 Å². The summed E-state index contributed by atoms with van der Waals surface area (Å²) in [7, 11) is -3.63. The van der Waals surface area contributed by atoms with E-state index >= 15 is 0 Å². The van der Waals surface area contributed by atoms with Crippen LogP contribution in [0.2, 0.25) is 0 Å². The molecule has 1 rings (SSSR count). The monoisotopic (exact) mass is 350 g/mol. The number of ether oxygens (including phenoxy) is 1. The molecule has 3 N–H and O–H groups in total. The lowest BCUT2D eigenvalue weighted by molar-refractivity contribution is -0.142. The first-order valence-corrected chi connectivity index (χ1v) is 7.99. The highest BCUT2D eigenvalue weighted by Gasteiger charge is 2.15. The summed E-state index contributed by atoms with van der Waals surface area (Å²) in [5.41, 5.74) is 6.27. The second-order valence-corrected chi connectivity index (χ2v) is 6.47. The summed E-state index contributed by atoms with van der Waals surface area (Å²) < 4.78 is 31.3. The molecule has 0 aliphatic rings. The molecule has 19 heavy (non-hydrogen) atoms. The number of nitrogens with two attached hydrogens (primary N) is 1. The van der Waals surface area contributed by atoms with Gasteiger partial charge in [0.2, 0.25) is 10.0 Å². The second kappa shape index (κ2) is 6.76. The van der Waals surface area contributed by atoms with Crippen LogP contribution in [0, 0.1) is 0 Å². The van der Waals surface area contributed by atoms with E-state index in [2.05, 4.69) is 25.4 Å². The molecule has 106 valence electrons. The van der Waals surface area contributed by atoms with Crippen molar-refractivity contribution in [1.29, 1.82) is 0 Å². The fourth-order valence-corrected chi connectivity index (χ4v) is 2.73. The Balaban J connectivity index is 2.66. The number of carbonyl (C=O) groups excluding carboxylic acids is 1. The van der Waals surface area contributed by atoms with Crippen LogP contribution in [-0.2, 0) is 19.6 Å². The second-order valence-electron chi connectivity index (χ2n) is 3.71. The highest BCUT2D eigenvalue weighted by Crippen LogP contribution is 2.24. The van der Waals surface area contributed by atoms with Crippen molar-refractivity contribution in [2.24, 2.45) is 0 Å². The number of carbonyl (C=O) groups is 1. The predicted octanol–water partition coefficient (Wildman–Crippen LogP) is 1.73. The van der Waals surface area contributed by atoms with Crippen molar-refractivity contribution in [2.75, 3.05) is 22.8 Å². The maximum absolute atomic E-state index is 11.8. The SMILES string of the molecule is CCOC(=O)CCS(=O)(=O)Nc1ccc(Br)cc1N. The van der Waals surface area contributed by atoms with Gasteiger partial charge in [-0.25, -0.2) is 8.42 Å². The Hall–Kier alpha value is -1.28. The number of hydrogen-bond donors (Lipinski definition) is 2. The lowest BCUT2D eigenvalue weighted by Gasteiger charge is -2.10. The molecule has 6 nitrogen and oxygen atoms in total. The Morgan fingerprint density at radius 3 is 2.74 bits per heavy atom. The minimum atomic E-state index is -3.63. The van der Waals surface area contributed by atoms with E-state index in [9.17, 15) is 13.2 Å². The summed E-state index contributed by atoms with van der Waals surface area (Å²) in [6.07, 6.45) is -0.195. The zero-order valence-electron chi connectivity index (χ0n) is 10.3. The molecule has 0 bridgehead atoms. The van der Waals surface area contributed by atoms with Crippen molar-refractivity contribution in [3.63, 3.8) is 0 Å². The van der Waals surface area contributed by atoms with Gasteiger partial charge in [0.25, 0.3) is 0 Å². The van der Waals surface area contributed by atoms with E-state index in [-0.39, 0.29) is 24.5 Å². The maximum atomic E-state index is 11.8. The topological polar surface area (TPSA) is 98.5 Å². The van der Waals surface area contributed by atoms with E-state index in [4.69, 9.17) is 5.73 Å². The standard InChI is InChI=1S/C11H15BrN2O4S/c1-2-18-11(15)5-6-19(16,17)14-10-4-3-8(12)7-9(10)13/h3-4,7,14H,2,5-6,13H2,1H3. The molecule has 0 aromatic heterocycles. The molecule has 0 fully saturated rings. The van der Waals surface area contributed by atoms with Gasteiger partial charge in [-0.1, -0.05) is 15.9 Å². The van der Waals surface area contributed by atoms with E-state index in [0.717, 1.165) is 4.47 Å². The molecule has 8 heteroatoms. The predicted molar refractivity (Wildman–Crippen MR) is 77.2 cm³/mol. The summed E-state index contributed by atoms with van der Waals surface area (Å²) in [4.78, 5) is 11.1. The number of anilines is 2. The van der Waals surface area contributed by atoms with Gasteiger partial charge in [0.15, 0.2) is 0 Å². The highest BCUT2D eigenvalue weighted by atomic mass is 79.9. The minimum absolute atomic E-state index is 0.195. The molecule has 0 heterocycles. The Bertz CT molecular complexity index is 560. The van der Waals surface area contributed by atoms with Crippen molar-refractivity contribution in [3.8, 4) is 0 Å². The molecule has 0 amide bonds. The molecule has 1 aromatic rings. The van der Waals surface area contributed by atoms with E-state index in [1.165, 1.54) is 0 Å². The van der Waals surface area contributed by atoms with Crippen LogP contribution < -0.4 is 10.5 Å². The maximum Gasteiger partial charge on any atom is 0.306 e. The molecule has 0 aliphatic heterocycles. The van der Waals surface area contributed by atoms with Crippen molar-refractivity contribution in [3.05, 3.63) is 22.7 Å². The number of sulfonamides is 1. The van der Waals surface area contributed by atoms with Gasteiger partial charge >= 0.3 is 5.97 Å². The quantitative estimate of drug-likeness (QED) is 0.601. The van der Waals surface area contributed by atoms with Crippen molar-refractivity contribution < 1.29 is 17.9 Å². The Morgan fingerprint density at radius 1 is 1.47 bits per heavy atom. The molecule has 0 radical (unpaired) electrons. The number of halogens is 1. The van der Waals surface area contributed by atoms with Gasteiger partial charge in [-0.15, -0.1) is 0 Å². The third-order valence-corrected chi connectivity index (χ3v) is 3.93. The normalized spacial score (nSPS) is 11.1. The van der Waals surface area contributed by atoms with Gasteiger partial charge in [0, 0.05) is 4.47 Å². The largest absolute Gasteiger partial charge is 0.466 e. The van der Waals surface area contributed by atoms with Gasteiger partial charge in [0.05, 0.1) is 30.2 Å². The van der Waals surface area contributed by atoms with Gasteiger partial charge in [0.1, 0.15) is 0 Å². The van der Waals surface area contributed by atoms with Gasteiger partial charge in [-0.2, -0.15) is 0 Å². The molecule has 0 atom stereocenters. The molecule has 0 spiro atoms. The van der Waals surface area contributed by atoms with E-state index in [1.54, 1.807) is 25.1 Å². The van der Waals surface area contributed by atoms with Crippen LogP contribution >= 0.6 is 15.9 Å². The Kier molecular flexibility index (Phi) is 5.61. The third kappa shape index (κ3) is 5.48. The lowest BCUT2D eigenvalue weighted by Crippen LogP contribution is -2.20. The van der Waals surface area contributed by atoms with E-state index in [0.29, 0.717) is 5.69 Å². The fraction of sp³-hybridized carbons (Fsp3) is 0.364. The molecule has 0 aliphatic carbocycles. The van der Waals surface area contributed by atoms with Crippen LogP contribution in [0.3, 0.4) is 0 Å². The average Bonchev–Trinajstić information content (AvgIpc) is 2.31. The number of rotatable bonds is 6.